The largest absolute Gasteiger partial charge is 0.358 e. The minimum atomic E-state index is 0.578. The first-order valence-electron chi connectivity index (χ1n) is 4.36. The first-order valence-corrected chi connectivity index (χ1v) is 4.89. The molecule has 0 aliphatic heterocycles. The average molecular weight is 194 g/mol. The number of rotatable bonds is 1. The Morgan fingerprint density at radius 3 is 2.77 bits per heavy atom. The van der Waals surface area contributed by atoms with Crippen molar-refractivity contribution in [3.05, 3.63) is 35.0 Å². The van der Waals surface area contributed by atoms with Crippen molar-refractivity contribution in [3.8, 4) is 0 Å². The van der Waals surface area contributed by atoms with E-state index in [1.54, 1.807) is 0 Å². The lowest BCUT2D eigenvalue weighted by Gasteiger charge is -1.94. The van der Waals surface area contributed by atoms with Crippen LogP contribution in [0.25, 0.3) is 10.9 Å². The Kier molecular flexibility index (Phi) is 2.04. The van der Waals surface area contributed by atoms with Crippen molar-refractivity contribution in [1.29, 1.82) is 0 Å². The summed E-state index contributed by atoms with van der Waals surface area (Å²) in [7, 11) is 0. The van der Waals surface area contributed by atoms with E-state index in [0.29, 0.717) is 5.88 Å². The summed E-state index contributed by atoms with van der Waals surface area (Å²) in [6.07, 6.45) is 0. The number of nitrogens with one attached hydrogen (secondary N) is 1. The lowest BCUT2D eigenvalue weighted by Crippen LogP contribution is -1.78. The molecule has 0 radical (unpaired) electrons. The number of halogens is 1. The zero-order valence-electron chi connectivity index (χ0n) is 7.82. The quantitative estimate of drug-likeness (QED) is 0.667. The molecular weight excluding hydrogens is 182 g/mol. The van der Waals surface area contributed by atoms with Gasteiger partial charge in [0.1, 0.15) is 0 Å². The molecule has 1 aromatic heterocycles. The van der Waals surface area contributed by atoms with Gasteiger partial charge in [-0.2, -0.15) is 0 Å². The van der Waals surface area contributed by atoms with E-state index in [2.05, 4.69) is 37.0 Å². The highest BCUT2D eigenvalue weighted by atomic mass is 35.5. The lowest BCUT2D eigenvalue weighted by atomic mass is 10.1. The van der Waals surface area contributed by atoms with E-state index < -0.39 is 0 Å². The first-order chi connectivity index (χ1) is 6.22. The normalized spacial score (nSPS) is 11.0. The molecule has 0 saturated carbocycles. The number of aromatic nitrogens is 1. The summed E-state index contributed by atoms with van der Waals surface area (Å²) >= 11 is 5.87. The molecule has 0 saturated heterocycles. The number of aromatic amines is 1. The van der Waals surface area contributed by atoms with Gasteiger partial charge < -0.3 is 4.98 Å². The third kappa shape index (κ3) is 1.33. The molecular formula is C11H12ClN. The number of benzene rings is 1. The second-order valence-corrected chi connectivity index (χ2v) is 3.68. The van der Waals surface area contributed by atoms with Gasteiger partial charge in [0.05, 0.1) is 0 Å². The fraction of sp³-hybridized carbons (Fsp3) is 0.273. The fourth-order valence-corrected chi connectivity index (χ4v) is 2.02. The number of alkyl halides is 1. The summed E-state index contributed by atoms with van der Waals surface area (Å²) in [6.45, 7) is 4.16. The molecule has 13 heavy (non-hydrogen) atoms. The lowest BCUT2D eigenvalue weighted by molar-refractivity contribution is 1.24. The van der Waals surface area contributed by atoms with E-state index in [1.165, 1.54) is 27.7 Å². The van der Waals surface area contributed by atoms with Crippen molar-refractivity contribution in [2.75, 3.05) is 0 Å². The van der Waals surface area contributed by atoms with Crippen LogP contribution in [0.3, 0.4) is 0 Å². The monoisotopic (exact) mass is 193 g/mol. The van der Waals surface area contributed by atoms with Gasteiger partial charge in [0, 0.05) is 22.5 Å². The molecule has 2 heteroatoms. The van der Waals surface area contributed by atoms with Gasteiger partial charge in [0.15, 0.2) is 0 Å². The number of H-pyrrole nitrogens is 1. The van der Waals surface area contributed by atoms with Gasteiger partial charge in [-0.05, 0) is 31.0 Å². The molecule has 2 aromatic rings. The minimum Gasteiger partial charge on any atom is -0.358 e. The Balaban J connectivity index is 2.79. The summed E-state index contributed by atoms with van der Waals surface area (Å²) in [5.41, 5.74) is 4.86. The van der Waals surface area contributed by atoms with E-state index in [-0.39, 0.29) is 0 Å². The zero-order valence-corrected chi connectivity index (χ0v) is 8.57. The standard InChI is InChI=1S/C11H12ClN/c1-7-3-4-9-10(6-12)8(2)13-11(9)5-7/h3-5,13H,6H2,1-2H3. The predicted molar refractivity (Wildman–Crippen MR) is 57.3 cm³/mol. The van der Waals surface area contributed by atoms with Crippen molar-refractivity contribution in [2.45, 2.75) is 19.7 Å². The van der Waals surface area contributed by atoms with Crippen LogP contribution in [0.4, 0.5) is 0 Å². The highest BCUT2D eigenvalue weighted by molar-refractivity contribution is 6.18. The highest BCUT2D eigenvalue weighted by Crippen LogP contribution is 2.24. The van der Waals surface area contributed by atoms with E-state index >= 15 is 0 Å². The number of hydrogen-bond donors (Lipinski definition) is 1. The molecule has 1 heterocycles. The van der Waals surface area contributed by atoms with Gasteiger partial charge >= 0.3 is 0 Å². The molecule has 0 aliphatic carbocycles. The Bertz CT molecular complexity index is 443. The van der Waals surface area contributed by atoms with Crippen LogP contribution in [0.15, 0.2) is 18.2 Å². The first kappa shape index (κ1) is 8.64. The summed E-state index contributed by atoms with van der Waals surface area (Å²) in [5.74, 6) is 0.578. The smallest absolute Gasteiger partial charge is 0.0497 e. The molecule has 0 bridgehead atoms. The molecule has 2 rings (SSSR count). The summed E-state index contributed by atoms with van der Waals surface area (Å²) < 4.78 is 0. The Morgan fingerprint density at radius 1 is 1.31 bits per heavy atom. The second kappa shape index (κ2) is 3.08. The van der Waals surface area contributed by atoms with E-state index in [0.717, 1.165) is 0 Å². The molecule has 0 amide bonds. The maximum atomic E-state index is 5.87. The summed E-state index contributed by atoms with van der Waals surface area (Å²) in [4.78, 5) is 3.33. The number of aryl methyl sites for hydroxylation is 2. The maximum Gasteiger partial charge on any atom is 0.0497 e. The van der Waals surface area contributed by atoms with Crippen LogP contribution in [0, 0.1) is 13.8 Å². The second-order valence-electron chi connectivity index (χ2n) is 3.41. The summed E-state index contributed by atoms with van der Waals surface area (Å²) in [6, 6.07) is 6.40. The molecule has 1 nitrogen and oxygen atoms in total. The third-order valence-electron chi connectivity index (χ3n) is 2.41. The molecule has 1 aromatic carbocycles. The Labute approximate surface area is 82.7 Å². The van der Waals surface area contributed by atoms with Gasteiger partial charge in [-0.25, -0.2) is 0 Å². The van der Waals surface area contributed by atoms with Gasteiger partial charge in [0.25, 0.3) is 0 Å². The van der Waals surface area contributed by atoms with Gasteiger partial charge in [0.2, 0.25) is 0 Å². The Hall–Kier alpha value is -0.950. The van der Waals surface area contributed by atoms with Crippen molar-refractivity contribution in [2.24, 2.45) is 0 Å². The SMILES string of the molecule is Cc1ccc2c(CCl)c(C)[nH]c2c1. The number of hydrogen-bond acceptors (Lipinski definition) is 0. The van der Waals surface area contributed by atoms with Crippen molar-refractivity contribution < 1.29 is 0 Å². The third-order valence-corrected chi connectivity index (χ3v) is 2.68. The van der Waals surface area contributed by atoms with Crippen LogP contribution >= 0.6 is 11.6 Å². The van der Waals surface area contributed by atoms with Crippen LogP contribution in [0.5, 0.6) is 0 Å². The van der Waals surface area contributed by atoms with Gasteiger partial charge in [-0.1, -0.05) is 12.1 Å². The molecule has 0 unspecified atom stereocenters. The molecule has 0 fully saturated rings. The minimum absolute atomic E-state index is 0.578. The molecule has 1 N–H and O–H groups in total. The van der Waals surface area contributed by atoms with Crippen LogP contribution < -0.4 is 0 Å². The topological polar surface area (TPSA) is 15.8 Å². The number of fused-ring (bicyclic) bond motifs is 1. The van der Waals surface area contributed by atoms with Crippen molar-refractivity contribution in [1.82, 2.24) is 4.98 Å². The fourth-order valence-electron chi connectivity index (χ4n) is 1.68. The van der Waals surface area contributed by atoms with Crippen molar-refractivity contribution in [3.63, 3.8) is 0 Å². The molecule has 0 atom stereocenters. The maximum absolute atomic E-state index is 5.87. The summed E-state index contributed by atoms with van der Waals surface area (Å²) in [5, 5.41) is 1.25. The van der Waals surface area contributed by atoms with Crippen LogP contribution in [0.2, 0.25) is 0 Å². The van der Waals surface area contributed by atoms with Crippen molar-refractivity contribution >= 4 is 22.5 Å². The van der Waals surface area contributed by atoms with Crippen LogP contribution in [0.1, 0.15) is 16.8 Å². The molecule has 0 aliphatic rings. The van der Waals surface area contributed by atoms with Gasteiger partial charge in [-0.15, -0.1) is 11.6 Å². The van der Waals surface area contributed by atoms with E-state index in [4.69, 9.17) is 11.6 Å². The van der Waals surface area contributed by atoms with E-state index in [9.17, 15) is 0 Å². The Morgan fingerprint density at radius 2 is 2.08 bits per heavy atom. The predicted octanol–water partition coefficient (Wildman–Crippen LogP) is 3.52. The van der Waals surface area contributed by atoms with E-state index in [1.807, 2.05) is 0 Å². The average Bonchev–Trinajstić information content (AvgIpc) is 2.39. The van der Waals surface area contributed by atoms with Gasteiger partial charge in [-0.3, -0.25) is 0 Å². The van der Waals surface area contributed by atoms with Crippen LogP contribution in [-0.2, 0) is 5.88 Å². The highest BCUT2D eigenvalue weighted by Gasteiger charge is 2.06. The molecule has 0 spiro atoms. The molecule has 68 valence electrons. The van der Waals surface area contributed by atoms with Crippen LogP contribution in [-0.4, -0.2) is 4.98 Å². The zero-order chi connectivity index (χ0) is 9.42.